The molecule has 0 amide bonds. The molecule has 2 fully saturated rings. The molecule has 2 rings (SSSR count). The zero-order valence-corrected chi connectivity index (χ0v) is 9.20. The molecule has 0 saturated carbocycles. The Morgan fingerprint density at radius 2 is 2.21 bits per heavy atom. The highest BCUT2D eigenvalue weighted by Gasteiger charge is 2.40. The molecule has 0 aromatic heterocycles. The molecule has 2 atom stereocenters. The maximum Gasteiger partial charge on any atom is 0.0753 e. The summed E-state index contributed by atoms with van der Waals surface area (Å²) < 4.78 is 5.80. The van der Waals surface area contributed by atoms with Gasteiger partial charge in [0.15, 0.2) is 0 Å². The summed E-state index contributed by atoms with van der Waals surface area (Å²) in [6.45, 7) is 6.50. The molecule has 0 aliphatic carbocycles. The maximum absolute atomic E-state index is 8.99. The third-order valence-electron chi connectivity index (χ3n) is 3.46. The molecule has 2 aliphatic rings. The van der Waals surface area contributed by atoms with Crippen LogP contribution >= 0.6 is 0 Å². The van der Waals surface area contributed by atoms with E-state index in [1.54, 1.807) is 0 Å². The zero-order valence-electron chi connectivity index (χ0n) is 9.20. The lowest BCUT2D eigenvalue weighted by Crippen LogP contribution is -2.53. The van der Waals surface area contributed by atoms with Crippen LogP contribution in [0.5, 0.6) is 0 Å². The molecular weight excluding hydrogens is 178 g/mol. The van der Waals surface area contributed by atoms with Gasteiger partial charge in [-0.1, -0.05) is 0 Å². The van der Waals surface area contributed by atoms with Crippen LogP contribution in [0.15, 0.2) is 0 Å². The van der Waals surface area contributed by atoms with Crippen LogP contribution in [0.4, 0.5) is 0 Å². The highest BCUT2D eigenvalue weighted by molar-refractivity contribution is 4.94. The first-order chi connectivity index (χ1) is 6.62. The van der Waals surface area contributed by atoms with Crippen molar-refractivity contribution in [2.75, 3.05) is 19.8 Å². The lowest BCUT2D eigenvalue weighted by molar-refractivity contribution is -0.112. The van der Waals surface area contributed by atoms with Crippen molar-refractivity contribution in [1.82, 2.24) is 4.90 Å². The van der Waals surface area contributed by atoms with Gasteiger partial charge in [0.1, 0.15) is 0 Å². The van der Waals surface area contributed by atoms with Crippen molar-refractivity contribution in [3.8, 4) is 0 Å². The van der Waals surface area contributed by atoms with E-state index in [2.05, 4.69) is 18.7 Å². The summed E-state index contributed by atoms with van der Waals surface area (Å²) in [6, 6.07) is 1.20. The molecule has 3 heteroatoms. The molecule has 0 aromatic rings. The number of aliphatic hydroxyl groups is 1. The molecule has 0 spiro atoms. The van der Waals surface area contributed by atoms with Gasteiger partial charge in [-0.15, -0.1) is 0 Å². The summed E-state index contributed by atoms with van der Waals surface area (Å²) in [5, 5.41) is 8.99. The van der Waals surface area contributed by atoms with Crippen molar-refractivity contribution in [2.45, 2.75) is 50.8 Å². The van der Waals surface area contributed by atoms with Crippen LogP contribution in [-0.4, -0.2) is 47.4 Å². The van der Waals surface area contributed by atoms with E-state index >= 15 is 0 Å². The van der Waals surface area contributed by atoms with Gasteiger partial charge in [-0.3, -0.25) is 4.90 Å². The molecular formula is C11H21NO2. The number of hydrogen-bond donors (Lipinski definition) is 1. The Labute approximate surface area is 86.0 Å². The molecule has 0 bridgehead atoms. The van der Waals surface area contributed by atoms with Crippen LogP contribution < -0.4 is 0 Å². The van der Waals surface area contributed by atoms with Gasteiger partial charge in [0.05, 0.1) is 12.2 Å². The molecule has 2 saturated heterocycles. The second-order valence-corrected chi connectivity index (χ2v) is 5.14. The van der Waals surface area contributed by atoms with Crippen molar-refractivity contribution >= 4 is 0 Å². The number of rotatable bonds is 2. The summed E-state index contributed by atoms with van der Waals surface area (Å²) >= 11 is 0. The Balaban J connectivity index is 2.00. The molecule has 1 unspecified atom stereocenters. The van der Waals surface area contributed by atoms with Crippen LogP contribution in [0.25, 0.3) is 0 Å². The second kappa shape index (κ2) is 3.80. The van der Waals surface area contributed by atoms with Crippen LogP contribution in [0, 0.1) is 0 Å². The quantitative estimate of drug-likeness (QED) is 0.720. The number of aliphatic hydroxyl groups excluding tert-OH is 1. The van der Waals surface area contributed by atoms with Gasteiger partial charge in [-0.05, 0) is 33.1 Å². The lowest BCUT2D eigenvalue weighted by Gasteiger charge is -2.42. The van der Waals surface area contributed by atoms with E-state index in [0.29, 0.717) is 18.7 Å². The Bertz CT molecular complexity index is 205. The summed E-state index contributed by atoms with van der Waals surface area (Å²) in [7, 11) is 0. The second-order valence-electron chi connectivity index (χ2n) is 5.14. The van der Waals surface area contributed by atoms with Crippen molar-refractivity contribution in [1.29, 1.82) is 0 Å². The van der Waals surface area contributed by atoms with E-state index in [-0.39, 0.29) is 5.60 Å². The summed E-state index contributed by atoms with van der Waals surface area (Å²) in [5.74, 6) is 0. The number of hydrogen-bond acceptors (Lipinski definition) is 3. The van der Waals surface area contributed by atoms with Crippen LogP contribution in [0.3, 0.4) is 0 Å². The number of fused-ring (bicyclic) bond motifs is 1. The largest absolute Gasteiger partial charge is 0.396 e. The molecule has 0 aromatic carbocycles. The van der Waals surface area contributed by atoms with Crippen molar-refractivity contribution < 1.29 is 9.84 Å². The molecule has 2 aliphatic heterocycles. The first-order valence-corrected chi connectivity index (χ1v) is 5.63. The highest BCUT2D eigenvalue weighted by Crippen LogP contribution is 2.33. The fourth-order valence-electron chi connectivity index (χ4n) is 2.72. The van der Waals surface area contributed by atoms with Gasteiger partial charge in [0.25, 0.3) is 0 Å². The van der Waals surface area contributed by atoms with Crippen molar-refractivity contribution in [3.05, 3.63) is 0 Å². The van der Waals surface area contributed by atoms with E-state index < -0.39 is 0 Å². The predicted octanol–water partition coefficient (Wildman–Crippen LogP) is 1.01. The third kappa shape index (κ3) is 1.95. The van der Waals surface area contributed by atoms with E-state index in [4.69, 9.17) is 9.84 Å². The van der Waals surface area contributed by atoms with Gasteiger partial charge in [0, 0.05) is 25.2 Å². The van der Waals surface area contributed by atoms with Gasteiger partial charge < -0.3 is 9.84 Å². The molecule has 3 nitrogen and oxygen atoms in total. The van der Waals surface area contributed by atoms with Crippen LogP contribution in [-0.2, 0) is 4.74 Å². The summed E-state index contributed by atoms with van der Waals surface area (Å²) in [4.78, 5) is 2.54. The van der Waals surface area contributed by atoms with Crippen molar-refractivity contribution in [2.24, 2.45) is 0 Å². The minimum Gasteiger partial charge on any atom is -0.396 e. The predicted molar refractivity (Wildman–Crippen MR) is 55.2 cm³/mol. The topological polar surface area (TPSA) is 32.7 Å². The van der Waals surface area contributed by atoms with E-state index in [9.17, 15) is 0 Å². The van der Waals surface area contributed by atoms with Gasteiger partial charge in [-0.25, -0.2) is 0 Å². The van der Waals surface area contributed by atoms with E-state index in [1.165, 1.54) is 12.8 Å². The normalized spacial score (nSPS) is 37.1. The smallest absolute Gasteiger partial charge is 0.0753 e. The van der Waals surface area contributed by atoms with Gasteiger partial charge in [0.2, 0.25) is 0 Å². The highest BCUT2D eigenvalue weighted by atomic mass is 16.5. The number of nitrogens with zero attached hydrogens (tertiary/aromatic N) is 1. The first kappa shape index (κ1) is 10.4. The summed E-state index contributed by atoms with van der Waals surface area (Å²) in [6.07, 6.45) is 3.39. The van der Waals surface area contributed by atoms with Gasteiger partial charge >= 0.3 is 0 Å². The molecule has 2 heterocycles. The van der Waals surface area contributed by atoms with Crippen LogP contribution in [0.1, 0.15) is 33.1 Å². The van der Waals surface area contributed by atoms with E-state index in [0.717, 1.165) is 19.6 Å². The SMILES string of the molecule is CC1(C)CN2C(CCO)CC[C@H]2CO1. The Kier molecular flexibility index (Phi) is 2.82. The molecule has 1 N–H and O–H groups in total. The van der Waals surface area contributed by atoms with Crippen molar-refractivity contribution in [3.63, 3.8) is 0 Å². The fourth-order valence-corrected chi connectivity index (χ4v) is 2.72. The molecule has 0 radical (unpaired) electrons. The Morgan fingerprint density at radius 3 is 2.93 bits per heavy atom. The minimum absolute atomic E-state index is 0.00541. The number of morpholine rings is 1. The van der Waals surface area contributed by atoms with Gasteiger partial charge in [-0.2, -0.15) is 0 Å². The molecule has 14 heavy (non-hydrogen) atoms. The van der Waals surface area contributed by atoms with Crippen LogP contribution in [0.2, 0.25) is 0 Å². The molecule has 82 valence electrons. The lowest BCUT2D eigenvalue weighted by atomic mass is 10.0. The maximum atomic E-state index is 8.99. The average Bonchev–Trinajstić information content (AvgIpc) is 2.47. The Hall–Kier alpha value is -0.120. The fraction of sp³-hybridized carbons (Fsp3) is 1.00. The van der Waals surface area contributed by atoms with E-state index in [1.807, 2.05) is 0 Å². The Morgan fingerprint density at radius 1 is 1.43 bits per heavy atom. The minimum atomic E-state index is -0.00541. The standard InChI is InChI=1S/C11H21NO2/c1-11(2)8-12-9(5-6-13)3-4-10(12)7-14-11/h9-10,13H,3-8H2,1-2H3/t9?,10-/m0/s1. The number of ether oxygens (including phenoxy) is 1. The third-order valence-corrected chi connectivity index (χ3v) is 3.46. The summed E-state index contributed by atoms with van der Waals surface area (Å²) in [5.41, 5.74) is -0.00541. The average molecular weight is 199 g/mol. The first-order valence-electron chi connectivity index (χ1n) is 5.63. The monoisotopic (exact) mass is 199 g/mol. The zero-order chi connectivity index (χ0) is 10.2.